The smallest absolute Gasteiger partial charge is 0.212 e. The summed E-state index contributed by atoms with van der Waals surface area (Å²) in [6.45, 7) is 1.71. The molecular weight excluding hydrogens is 215 g/mol. The van der Waals surface area contributed by atoms with Crippen LogP contribution >= 0.6 is 10.7 Å². The Morgan fingerprint density at radius 2 is 2.08 bits per heavy atom. The van der Waals surface area contributed by atoms with Crippen molar-refractivity contribution in [3.63, 3.8) is 0 Å². The first-order chi connectivity index (χ1) is 5.88. The van der Waals surface area contributed by atoms with Gasteiger partial charge in [0.05, 0.1) is 5.75 Å². The summed E-state index contributed by atoms with van der Waals surface area (Å²) in [7, 11) is 1.43. The highest BCUT2D eigenvalue weighted by molar-refractivity contribution is 8.13. The van der Waals surface area contributed by atoms with E-state index in [2.05, 4.69) is 0 Å². The Kier molecular flexibility index (Phi) is 2.93. The minimum Gasteiger partial charge on any atom is -0.212 e. The van der Waals surface area contributed by atoms with Crippen molar-refractivity contribution in [2.75, 3.05) is 0 Å². The Morgan fingerprint density at radius 3 is 2.62 bits per heavy atom. The zero-order chi connectivity index (χ0) is 10.1. The third-order valence-corrected chi connectivity index (χ3v) is 2.62. The molecule has 13 heavy (non-hydrogen) atoms. The Bertz CT molecular complexity index is 414. The minimum atomic E-state index is -3.61. The third kappa shape index (κ3) is 3.32. The second-order valence-electron chi connectivity index (χ2n) is 2.75. The topological polar surface area (TPSA) is 34.1 Å². The average molecular weight is 223 g/mol. The summed E-state index contributed by atoms with van der Waals surface area (Å²) in [4.78, 5) is 0. The molecule has 0 fully saturated rings. The van der Waals surface area contributed by atoms with Crippen molar-refractivity contribution in [1.29, 1.82) is 0 Å². The molecule has 0 aliphatic rings. The van der Waals surface area contributed by atoms with Crippen molar-refractivity contribution in [3.05, 3.63) is 35.1 Å². The van der Waals surface area contributed by atoms with E-state index in [1.165, 1.54) is 18.2 Å². The van der Waals surface area contributed by atoms with Gasteiger partial charge in [0.25, 0.3) is 0 Å². The highest BCUT2D eigenvalue weighted by Crippen LogP contribution is 2.15. The lowest BCUT2D eigenvalue weighted by molar-refractivity contribution is 0.607. The Labute approximate surface area is 80.8 Å². The number of halogens is 2. The van der Waals surface area contributed by atoms with Crippen LogP contribution in [-0.2, 0) is 14.8 Å². The second kappa shape index (κ2) is 3.64. The molecule has 0 aliphatic carbocycles. The molecule has 1 aromatic carbocycles. The molecule has 0 bridgehead atoms. The molecule has 1 rings (SSSR count). The van der Waals surface area contributed by atoms with E-state index in [1.807, 2.05) is 0 Å². The van der Waals surface area contributed by atoms with Crippen molar-refractivity contribution in [2.24, 2.45) is 0 Å². The van der Waals surface area contributed by atoms with Crippen LogP contribution in [0.4, 0.5) is 4.39 Å². The molecule has 0 saturated carbocycles. The van der Waals surface area contributed by atoms with Gasteiger partial charge in [-0.2, -0.15) is 0 Å². The maximum absolute atomic E-state index is 12.7. The minimum absolute atomic E-state index is 0.335. The van der Waals surface area contributed by atoms with Gasteiger partial charge in [0, 0.05) is 10.7 Å². The molecule has 0 aromatic heterocycles. The number of aryl methyl sites for hydroxylation is 1. The monoisotopic (exact) mass is 222 g/mol. The van der Waals surface area contributed by atoms with E-state index in [-0.39, 0.29) is 5.75 Å². The molecule has 2 nitrogen and oxygen atoms in total. The largest absolute Gasteiger partial charge is 0.236 e. The van der Waals surface area contributed by atoms with Crippen LogP contribution in [0, 0.1) is 12.7 Å². The van der Waals surface area contributed by atoms with Gasteiger partial charge in [0.2, 0.25) is 9.05 Å². The number of benzene rings is 1. The maximum atomic E-state index is 12.7. The van der Waals surface area contributed by atoms with Crippen molar-refractivity contribution < 1.29 is 12.8 Å². The van der Waals surface area contributed by atoms with Crippen LogP contribution < -0.4 is 0 Å². The van der Waals surface area contributed by atoms with Crippen LogP contribution in [0.15, 0.2) is 18.2 Å². The molecule has 0 spiro atoms. The fourth-order valence-electron chi connectivity index (χ4n) is 0.981. The summed E-state index contributed by atoms with van der Waals surface area (Å²) >= 11 is 0. The lowest BCUT2D eigenvalue weighted by Crippen LogP contribution is -1.98. The molecule has 0 N–H and O–H groups in total. The van der Waals surface area contributed by atoms with E-state index in [4.69, 9.17) is 10.7 Å². The molecule has 0 saturated heterocycles. The van der Waals surface area contributed by atoms with E-state index >= 15 is 0 Å². The molecule has 0 unspecified atom stereocenters. The molecular formula is C8H8ClFO2S. The van der Waals surface area contributed by atoms with Gasteiger partial charge in [-0.1, -0.05) is 6.07 Å². The lowest BCUT2D eigenvalue weighted by Gasteiger charge is -2.02. The first kappa shape index (κ1) is 10.5. The van der Waals surface area contributed by atoms with Gasteiger partial charge in [0.1, 0.15) is 5.82 Å². The zero-order valence-corrected chi connectivity index (χ0v) is 8.49. The zero-order valence-electron chi connectivity index (χ0n) is 6.92. The van der Waals surface area contributed by atoms with Crippen LogP contribution in [-0.4, -0.2) is 8.42 Å². The summed E-state index contributed by atoms with van der Waals surface area (Å²) in [5.74, 6) is -0.793. The van der Waals surface area contributed by atoms with Crippen molar-refractivity contribution in [3.8, 4) is 0 Å². The summed E-state index contributed by atoms with van der Waals surface area (Å²) in [6.07, 6.45) is 0. The lowest BCUT2D eigenvalue weighted by atomic mass is 10.1. The highest BCUT2D eigenvalue weighted by Gasteiger charge is 2.09. The molecule has 0 heterocycles. The molecule has 1 aromatic rings. The van der Waals surface area contributed by atoms with E-state index in [0.717, 1.165) is 0 Å². The molecule has 0 radical (unpaired) electrons. The molecule has 0 aliphatic heterocycles. The van der Waals surface area contributed by atoms with Gasteiger partial charge in [-0.05, 0) is 30.2 Å². The van der Waals surface area contributed by atoms with Crippen LogP contribution in [0.5, 0.6) is 0 Å². The van der Waals surface area contributed by atoms with E-state index in [9.17, 15) is 12.8 Å². The molecule has 72 valence electrons. The van der Waals surface area contributed by atoms with Crippen molar-refractivity contribution in [1.82, 2.24) is 0 Å². The maximum Gasteiger partial charge on any atom is 0.236 e. The summed E-state index contributed by atoms with van der Waals surface area (Å²) in [5, 5.41) is 0. The van der Waals surface area contributed by atoms with Crippen molar-refractivity contribution >= 4 is 19.7 Å². The van der Waals surface area contributed by atoms with Gasteiger partial charge >= 0.3 is 0 Å². The normalized spacial score (nSPS) is 11.6. The average Bonchev–Trinajstić information content (AvgIpc) is 1.94. The first-order valence-corrected chi connectivity index (χ1v) is 6.04. The van der Waals surface area contributed by atoms with Gasteiger partial charge in [-0.15, -0.1) is 0 Å². The SMILES string of the molecule is Cc1ccc(F)cc1CS(=O)(=O)Cl. The van der Waals surface area contributed by atoms with E-state index in [0.29, 0.717) is 11.1 Å². The molecule has 0 atom stereocenters. The number of rotatable bonds is 2. The predicted molar refractivity (Wildman–Crippen MR) is 49.6 cm³/mol. The van der Waals surface area contributed by atoms with Crippen molar-refractivity contribution in [2.45, 2.75) is 12.7 Å². The van der Waals surface area contributed by atoms with E-state index < -0.39 is 14.9 Å². The number of hydrogen-bond acceptors (Lipinski definition) is 2. The Balaban J connectivity index is 3.08. The Hall–Kier alpha value is -0.610. The van der Waals surface area contributed by atoms with Crippen LogP contribution in [0.2, 0.25) is 0 Å². The van der Waals surface area contributed by atoms with Crippen LogP contribution in [0.3, 0.4) is 0 Å². The van der Waals surface area contributed by atoms with Gasteiger partial charge < -0.3 is 0 Å². The van der Waals surface area contributed by atoms with Crippen LogP contribution in [0.1, 0.15) is 11.1 Å². The summed E-state index contributed by atoms with van der Waals surface area (Å²) < 4.78 is 34.1. The third-order valence-electron chi connectivity index (χ3n) is 1.64. The quantitative estimate of drug-likeness (QED) is 0.719. The fraction of sp³-hybridized carbons (Fsp3) is 0.250. The van der Waals surface area contributed by atoms with Gasteiger partial charge in [-0.25, -0.2) is 12.8 Å². The first-order valence-electron chi connectivity index (χ1n) is 3.56. The Morgan fingerprint density at radius 1 is 1.46 bits per heavy atom. The predicted octanol–water partition coefficient (Wildman–Crippen LogP) is 2.20. The second-order valence-corrected chi connectivity index (χ2v) is 5.53. The van der Waals surface area contributed by atoms with E-state index in [1.54, 1.807) is 6.92 Å². The fourth-order valence-corrected chi connectivity index (χ4v) is 2.02. The van der Waals surface area contributed by atoms with Gasteiger partial charge in [-0.3, -0.25) is 0 Å². The highest BCUT2D eigenvalue weighted by atomic mass is 35.7. The molecule has 5 heteroatoms. The summed E-state index contributed by atoms with van der Waals surface area (Å²) in [5.41, 5.74) is 1.11. The molecule has 0 amide bonds. The number of hydrogen-bond donors (Lipinski definition) is 0. The standard InChI is InChI=1S/C8H8ClFO2S/c1-6-2-3-8(10)4-7(6)5-13(9,11)12/h2-4H,5H2,1H3. The van der Waals surface area contributed by atoms with Crippen LogP contribution in [0.25, 0.3) is 0 Å². The summed E-state index contributed by atoms with van der Waals surface area (Å²) in [6, 6.07) is 3.97. The van der Waals surface area contributed by atoms with Gasteiger partial charge in [0.15, 0.2) is 0 Å².